The van der Waals surface area contributed by atoms with Crippen molar-refractivity contribution in [3.8, 4) is 22.3 Å². The SMILES string of the molecule is CC[C@@H]1C[C@]1(NC(=O)[C@@H]1C[C@@H](Oc2nc(-c3nc(C(C)C)cs3)cc3c(C)c(OC)ccc23)CN1C(=O)[C@@H](Nc1cccc(Br)c1)C(C)(C)C)C(=O)NS(=O)(=O)C1CC1. The molecule has 3 N–H and O–H groups in total. The van der Waals surface area contributed by atoms with E-state index in [-0.39, 0.29) is 37.1 Å². The van der Waals surface area contributed by atoms with Gasteiger partial charge in [-0.05, 0) is 90.8 Å². The van der Waals surface area contributed by atoms with E-state index in [1.54, 1.807) is 7.11 Å². The maximum absolute atomic E-state index is 14.9. The second kappa shape index (κ2) is 16.3. The van der Waals surface area contributed by atoms with E-state index in [0.717, 1.165) is 37.2 Å². The van der Waals surface area contributed by atoms with Crippen molar-refractivity contribution in [2.24, 2.45) is 11.3 Å². The number of aryl methyl sites for hydroxylation is 1. The number of aromatic nitrogens is 2. The van der Waals surface area contributed by atoms with Gasteiger partial charge in [-0.1, -0.05) is 70.0 Å². The number of nitrogens with one attached hydrogen (secondary N) is 3. The molecule has 1 saturated heterocycles. The van der Waals surface area contributed by atoms with E-state index in [0.29, 0.717) is 36.6 Å². The molecule has 3 fully saturated rings. The molecule has 16 heteroatoms. The van der Waals surface area contributed by atoms with Gasteiger partial charge in [0.05, 0.1) is 24.6 Å². The molecular weight excluding hydrogens is 857 g/mol. The van der Waals surface area contributed by atoms with Crippen LogP contribution in [0.1, 0.15) is 90.8 Å². The van der Waals surface area contributed by atoms with Crippen molar-refractivity contribution in [1.29, 1.82) is 0 Å². The maximum Gasteiger partial charge on any atom is 0.259 e. The Kier molecular flexibility index (Phi) is 11.8. The van der Waals surface area contributed by atoms with Crippen LogP contribution in [-0.2, 0) is 24.4 Å². The van der Waals surface area contributed by atoms with E-state index >= 15 is 0 Å². The smallest absolute Gasteiger partial charge is 0.259 e. The van der Waals surface area contributed by atoms with Crippen molar-refractivity contribution in [3.05, 3.63) is 63.6 Å². The Bertz CT molecular complexity index is 2390. The third-order valence-electron chi connectivity index (χ3n) is 11.7. The van der Waals surface area contributed by atoms with Gasteiger partial charge in [-0.25, -0.2) is 18.4 Å². The number of rotatable bonds is 14. The predicted molar refractivity (Wildman–Crippen MR) is 233 cm³/mol. The van der Waals surface area contributed by atoms with Crippen LogP contribution in [0.2, 0.25) is 0 Å². The van der Waals surface area contributed by atoms with Crippen molar-refractivity contribution in [2.75, 3.05) is 19.0 Å². The fraction of sp³-hybridized carbons (Fsp3) is 0.512. The number of benzene rings is 2. The molecule has 2 saturated carbocycles. The molecule has 59 heavy (non-hydrogen) atoms. The molecule has 316 valence electrons. The van der Waals surface area contributed by atoms with Gasteiger partial charge >= 0.3 is 0 Å². The Labute approximate surface area is 358 Å². The van der Waals surface area contributed by atoms with Crippen LogP contribution in [0.15, 0.2) is 52.3 Å². The molecule has 13 nitrogen and oxygen atoms in total. The molecule has 3 heterocycles. The van der Waals surface area contributed by atoms with Crippen LogP contribution in [0.4, 0.5) is 5.69 Å². The zero-order valence-corrected chi connectivity index (χ0v) is 37.9. The Morgan fingerprint density at radius 2 is 1.83 bits per heavy atom. The minimum atomic E-state index is -3.86. The van der Waals surface area contributed by atoms with Crippen molar-refractivity contribution < 1.29 is 32.3 Å². The zero-order valence-electron chi connectivity index (χ0n) is 34.7. The minimum absolute atomic E-state index is 0.0490. The van der Waals surface area contributed by atoms with Crippen molar-refractivity contribution in [2.45, 2.75) is 115 Å². The monoisotopic (exact) mass is 908 g/mol. The number of thiazole rings is 1. The van der Waals surface area contributed by atoms with Crippen LogP contribution in [0.25, 0.3) is 21.5 Å². The second-order valence-corrected chi connectivity index (χ2v) is 21.1. The van der Waals surface area contributed by atoms with Gasteiger partial charge in [0.25, 0.3) is 5.91 Å². The largest absolute Gasteiger partial charge is 0.496 e. The number of hydrogen-bond acceptors (Lipinski definition) is 11. The average molecular weight is 910 g/mol. The van der Waals surface area contributed by atoms with Crippen LogP contribution >= 0.6 is 27.3 Å². The molecule has 2 aromatic heterocycles. The fourth-order valence-electron chi connectivity index (χ4n) is 7.90. The number of likely N-dealkylation sites (tertiary alicyclic amines) is 1. The van der Waals surface area contributed by atoms with Crippen molar-refractivity contribution >= 4 is 71.5 Å². The minimum Gasteiger partial charge on any atom is -0.496 e. The summed E-state index contributed by atoms with van der Waals surface area (Å²) in [6.07, 6.45) is 1.24. The highest BCUT2D eigenvalue weighted by atomic mass is 79.9. The lowest BCUT2D eigenvalue weighted by Gasteiger charge is -2.36. The number of halogens is 1. The quantitative estimate of drug-likeness (QED) is 0.117. The first-order valence-electron chi connectivity index (χ1n) is 20.2. The molecule has 3 aliphatic rings. The second-order valence-electron chi connectivity index (χ2n) is 17.4. The topological polar surface area (TPSA) is 169 Å². The Morgan fingerprint density at radius 3 is 2.44 bits per heavy atom. The number of amides is 3. The molecule has 0 spiro atoms. The van der Waals surface area contributed by atoms with Crippen molar-refractivity contribution in [1.82, 2.24) is 24.9 Å². The molecule has 4 aromatic rings. The number of fused-ring (bicyclic) bond motifs is 1. The number of pyridine rings is 1. The standard InChI is InChI=1S/C43H53BrN6O7S2/c1-9-25-20-43(25,41(53)49-59(54,55)29-13-14-29)48-37(51)34-18-28(21-50(34)40(52)36(42(5,6)7)45-27-12-10-11-26(44)17-27)57-38-30-15-16-35(56-8)24(4)31(30)19-32(46-38)39-47-33(22-58-39)23(2)3/h10-12,15-17,19,22-23,25,28-29,34,36,45H,9,13-14,18,20-21H2,1-8H3,(H,48,51)(H,49,53)/t25-,28-,34+,36-,43-/m1/s1. The number of anilines is 1. The van der Waals surface area contributed by atoms with Crippen LogP contribution in [0, 0.1) is 18.3 Å². The van der Waals surface area contributed by atoms with Gasteiger partial charge in [0.2, 0.25) is 27.7 Å². The highest BCUT2D eigenvalue weighted by Crippen LogP contribution is 2.47. The number of carbonyl (C=O) groups is 3. The Hall–Kier alpha value is -4.28. The number of methoxy groups -OCH3 is 1. The van der Waals surface area contributed by atoms with Gasteiger partial charge in [0.1, 0.15) is 40.2 Å². The van der Waals surface area contributed by atoms with Gasteiger partial charge in [0.15, 0.2) is 0 Å². The first kappa shape index (κ1) is 42.8. The van der Waals surface area contributed by atoms with E-state index in [9.17, 15) is 22.8 Å². The molecule has 3 amide bonds. The summed E-state index contributed by atoms with van der Waals surface area (Å²) >= 11 is 5.02. The molecular formula is C43H53BrN6O7S2. The molecule has 2 aliphatic carbocycles. The van der Waals surface area contributed by atoms with Gasteiger partial charge in [-0.3, -0.25) is 19.1 Å². The summed E-state index contributed by atoms with van der Waals surface area (Å²) in [6.45, 7) is 14.0. The number of nitrogens with zero attached hydrogens (tertiary/aromatic N) is 3. The fourth-order valence-corrected chi connectivity index (χ4v) is 10.6. The molecule has 5 atom stereocenters. The normalized spacial score (nSPS) is 22.3. The molecule has 0 unspecified atom stereocenters. The summed E-state index contributed by atoms with van der Waals surface area (Å²) in [7, 11) is -2.24. The van der Waals surface area contributed by atoms with E-state index < -0.39 is 56.2 Å². The lowest BCUT2D eigenvalue weighted by molar-refractivity contribution is -0.141. The zero-order chi connectivity index (χ0) is 42.6. The molecule has 0 radical (unpaired) electrons. The average Bonchev–Trinajstić information content (AvgIpc) is 4.06. The Balaban J connectivity index is 1.25. The maximum atomic E-state index is 14.9. The van der Waals surface area contributed by atoms with Crippen LogP contribution in [-0.4, -0.2) is 83.6 Å². The van der Waals surface area contributed by atoms with Gasteiger partial charge in [-0.2, -0.15) is 0 Å². The number of carbonyl (C=O) groups excluding carboxylic acids is 3. The molecule has 1 aliphatic heterocycles. The first-order chi connectivity index (χ1) is 27.8. The highest BCUT2D eigenvalue weighted by molar-refractivity contribution is 9.10. The predicted octanol–water partition coefficient (Wildman–Crippen LogP) is 7.33. The number of sulfonamides is 1. The lowest BCUT2D eigenvalue weighted by Crippen LogP contribution is -2.58. The van der Waals surface area contributed by atoms with Gasteiger partial charge in [-0.15, -0.1) is 11.3 Å². The van der Waals surface area contributed by atoms with Crippen LogP contribution in [0.3, 0.4) is 0 Å². The summed E-state index contributed by atoms with van der Waals surface area (Å²) in [5.41, 5.74) is 1.18. The van der Waals surface area contributed by atoms with Crippen molar-refractivity contribution in [3.63, 3.8) is 0 Å². The summed E-state index contributed by atoms with van der Waals surface area (Å²) in [5.74, 6) is -0.608. The summed E-state index contributed by atoms with van der Waals surface area (Å²) in [5, 5.41) is 10.1. The van der Waals surface area contributed by atoms with E-state index in [1.807, 2.05) is 82.5 Å². The molecule has 7 rings (SSSR count). The van der Waals surface area contributed by atoms with Gasteiger partial charge in [0, 0.05) is 27.3 Å². The van der Waals surface area contributed by atoms with Gasteiger partial charge < -0.3 is 25.0 Å². The lowest BCUT2D eigenvalue weighted by atomic mass is 9.85. The first-order valence-corrected chi connectivity index (χ1v) is 23.4. The van der Waals surface area contributed by atoms with E-state index in [2.05, 4.69) is 45.1 Å². The highest BCUT2D eigenvalue weighted by Gasteiger charge is 2.62. The number of ether oxygens (including phenoxy) is 2. The molecule has 2 aromatic carbocycles. The molecule has 0 bridgehead atoms. The summed E-state index contributed by atoms with van der Waals surface area (Å²) in [6, 6.07) is 11.5. The number of hydrogen-bond donors (Lipinski definition) is 3. The van der Waals surface area contributed by atoms with E-state index in [4.69, 9.17) is 19.4 Å². The van der Waals surface area contributed by atoms with Crippen LogP contribution < -0.4 is 24.8 Å². The van der Waals surface area contributed by atoms with Crippen LogP contribution in [0.5, 0.6) is 11.6 Å². The van der Waals surface area contributed by atoms with E-state index in [1.165, 1.54) is 16.2 Å². The summed E-state index contributed by atoms with van der Waals surface area (Å²) < 4.78 is 41.3. The third kappa shape index (κ3) is 8.81. The Morgan fingerprint density at radius 1 is 1.08 bits per heavy atom. The summed E-state index contributed by atoms with van der Waals surface area (Å²) in [4.78, 5) is 54.7. The third-order valence-corrected chi connectivity index (χ3v) is 14.9.